The third-order valence-electron chi connectivity index (χ3n) is 3.25. The zero-order valence-electron chi connectivity index (χ0n) is 15.0. The minimum atomic E-state index is -2.76. The number of hydrogen-bond acceptors (Lipinski definition) is 11. The molecule has 0 radical (unpaired) electrons. The summed E-state index contributed by atoms with van der Waals surface area (Å²) < 4.78 is 25.0. The minimum absolute atomic E-state index is 0.505. The van der Waals surface area contributed by atoms with Gasteiger partial charge in [-0.2, -0.15) is 0 Å². The van der Waals surface area contributed by atoms with Gasteiger partial charge in [0, 0.05) is 32.6 Å². The lowest BCUT2D eigenvalue weighted by molar-refractivity contribution is -0.332. The van der Waals surface area contributed by atoms with Gasteiger partial charge in [0.15, 0.2) is 12.2 Å². The van der Waals surface area contributed by atoms with Crippen molar-refractivity contribution >= 4 is 23.9 Å². The van der Waals surface area contributed by atoms with E-state index < -0.39 is 60.8 Å². The lowest BCUT2D eigenvalue weighted by Crippen LogP contribution is -2.68. The molecule has 27 heavy (non-hydrogen) atoms. The van der Waals surface area contributed by atoms with Gasteiger partial charge >= 0.3 is 23.9 Å². The first-order valence-electron chi connectivity index (χ1n) is 7.60. The van der Waals surface area contributed by atoms with Crippen LogP contribution < -0.4 is 0 Å². The Morgan fingerprint density at radius 1 is 1.04 bits per heavy atom. The van der Waals surface area contributed by atoms with Crippen LogP contribution >= 0.6 is 0 Å². The summed E-state index contributed by atoms with van der Waals surface area (Å²) in [5.41, 5.74) is 6.02. The molecule has 1 rings (SSSR count). The van der Waals surface area contributed by atoms with Gasteiger partial charge in [0.2, 0.25) is 12.0 Å². The molecule has 1 heterocycles. The Balaban J connectivity index is 3.43. The van der Waals surface area contributed by atoms with Gasteiger partial charge in [0.25, 0.3) is 0 Å². The fraction of sp³-hybridized carbons (Fsp3) is 0.714. The molecule has 0 bridgehead atoms. The molecule has 0 aromatic heterocycles. The summed E-state index contributed by atoms with van der Waals surface area (Å²) in [5.74, 6) is -3.42. The minimum Gasteiger partial charge on any atom is -0.463 e. The molecule has 1 fully saturated rings. The van der Waals surface area contributed by atoms with Crippen LogP contribution in [-0.2, 0) is 42.9 Å². The number of rotatable bonds is 6. The largest absolute Gasteiger partial charge is 0.463 e. The van der Waals surface area contributed by atoms with Crippen LogP contribution in [0.1, 0.15) is 27.7 Å². The third kappa shape index (κ3) is 5.81. The van der Waals surface area contributed by atoms with Crippen LogP contribution in [0.15, 0.2) is 5.11 Å². The molecule has 1 aliphatic heterocycles. The van der Waals surface area contributed by atoms with Crippen molar-refractivity contribution < 1.29 is 48.0 Å². The predicted molar refractivity (Wildman–Crippen MR) is 82.3 cm³/mol. The molecule has 0 spiro atoms. The molecule has 1 aliphatic rings. The van der Waals surface area contributed by atoms with Crippen molar-refractivity contribution in [2.75, 3.05) is 6.61 Å². The number of esters is 4. The van der Waals surface area contributed by atoms with Gasteiger partial charge in [-0.15, -0.1) is 0 Å². The average molecular weight is 389 g/mol. The molecule has 0 amide bonds. The Hall–Kier alpha value is -2.89. The third-order valence-corrected chi connectivity index (χ3v) is 3.25. The molecule has 5 atom stereocenters. The highest BCUT2D eigenvalue weighted by atomic mass is 16.7. The van der Waals surface area contributed by atoms with Crippen LogP contribution in [-0.4, -0.2) is 65.9 Å². The second-order valence-electron chi connectivity index (χ2n) is 5.50. The highest BCUT2D eigenvalue weighted by molar-refractivity contribution is 5.68. The Labute approximate surface area is 153 Å². The van der Waals surface area contributed by atoms with E-state index >= 15 is 0 Å². The van der Waals surface area contributed by atoms with Crippen molar-refractivity contribution in [1.29, 1.82) is 0 Å². The Bertz CT molecular complexity index is 662. The molecular weight excluding hydrogens is 370 g/mol. The number of carbonyl (C=O) groups is 4. The van der Waals surface area contributed by atoms with E-state index in [9.17, 15) is 24.3 Å². The lowest BCUT2D eigenvalue weighted by Gasteiger charge is -2.46. The van der Waals surface area contributed by atoms with E-state index in [1.807, 2.05) is 0 Å². The Kier molecular flexibility index (Phi) is 7.52. The molecule has 1 N–H and O–H groups in total. The summed E-state index contributed by atoms with van der Waals surface area (Å²) in [6.07, 6.45) is -6.63. The Morgan fingerprint density at radius 3 is 2.04 bits per heavy atom. The maximum Gasteiger partial charge on any atom is 0.305 e. The summed E-state index contributed by atoms with van der Waals surface area (Å²) in [6, 6.07) is 0. The van der Waals surface area contributed by atoms with Crippen molar-refractivity contribution in [3.63, 3.8) is 0 Å². The zero-order chi connectivity index (χ0) is 20.8. The zero-order valence-corrected chi connectivity index (χ0v) is 15.0. The van der Waals surface area contributed by atoms with Crippen LogP contribution in [0.4, 0.5) is 0 Å². The van der Waals surface area contributed by atoms with Crippen LogP contribution in [0, 0.1) is 0 Å². The van der Waals surface area contributed by atoms with E-state index in [4.69, 9.17) is 29.2 Å². The molecule has 0 aliphatic carbocycles. The van der Waals surface area contributed by atoms with Gasteiger partial charge in [0.1, 0.15) is 12.7 Å². The van der Waals surface area contributed by atoms with Crippen LogP contribution in [0.2, 0.25) is 0 Å². The molecular formula is C14H19N3O10. The first kappa shape index (κ1) is 22.2. The van der Waals surface area contributed by atoms with Gasteiger partial charge in [-0.25, -0.2) is 0 Å². The van der Waals surface area contributed by atoms with Crippen molar-refractivity contribution in [2.45, 2.75) is 58.0 Å². The van der Waals surface area contributed by atoms with Gasteiger partial charge in [0.05, 0.1) is 0 Å². The van der Waals surface area contributed by atoms with Crippen LogP contribution in [0.5, 0.6) is 0 Å². The fourth-order valence-electron chi connectivity index (χ4n) is 2.34. The summed E-state index contributed by atoms with van der Waals surface area (Å²) in [6.45, 7) is 3.60. The normalized spacial score (nSPS) is 29.7. The fourth-order valence-corrected chi connectivity index (χ4v) is 2.34. The number of nitrogens with zero attached hydrogens (tertiary/aromatic N) is 3. The predicted octanol–water partition coefficient (Wildman–Crippen LogP) is -0.300. The maximum absolute atomic E-state index is 11.5. The number of azide groups is 1. The molecule has 13 nitrogen and oxygen atoms in total. The molecule has 0 saturated carbocycles. The molecule has 0 unspecified atom stereocenters. The second kappa shape index (κ2) is 9.16. The van der Waals surface area contributed by atoms with E-state index in [1.54, 1.807) is 0 Å². The highest BCUT2D eigenvalue weighted by Gasteiger charge is 2.61. The van der Waals surface area contributed by atoms with Crippen LogP contribution in [0.3, 0.4) is 0 Å². The van der Waals surface area contributed by atoms with Gasteiger partial charge in [-0.05, 0) is 10.6 Å². The van der Waals surface area contributed by atoms with Crippen molar-refractivity contribution in [3.05, 3.63) is 10.4 Å². The summed E-state index contributed by atoms with van der Waals surface area (Å²) in [4.78, 5) is 47.8. The first-order valence-corrected chi connectivity index (χ1v) is 7.60. The SMILES string of the molecule is CC(=O)OC[C@H]1O[C@@H](OC(C)=O)[C@@](O)(N=[N+]=[N-])[C@@H](OC(C)=O)[C@@H]1OC(C)=O. The summed E-state index contributed by atoms with van der Waals surface area (Å²) in [5, 5.41) is 13.9. The van der Waals surface area contributed by atoms with Gasteiger partial charge < -0.3 is 28.8 Å². The van der Waals surface area contributed by atoms with E-state index in [-0.39, 0.29) is 0 Å². The second-order valence-corrected chi connectivity index (χ2v) is 5.50. The molecule has 0 aromatic carbocycles. The molecule has 0 aromatic rings. The summed E-state index contributed by atoms with van der Waals surface area (Å²) in [7, 11) is 0. The van der Waals surface area contributed by atoms with Crippen molar-refractivity contribution in [2.24, 2.45) is 5.11 Å². The average Bonchev–Trinajstić information content (AvgIpc) is 2.51. The topological polar surface area (TPSA) is 183 Å². The van der Waals surface area contributed by atoms with Gasteiger partial charge in [-0.3, -0.25) is 19.2 Å². The molecule has 150 valence electrons. The number of ether oxygens (including phenoxy) is 5. The van der Waals surface area contributed by atoms with E-state index in [2.05, 4.69) is 10.0 Å². The monoisotopic (exact) mass is 389 g/mol. The number of aliphatic hydroxyl groups is 1. The highest BCUT2D eigenvalue weighted by Crippen LogP contribution is 2.36. The molecule has 1 saturated heterocycles. The van der Waals surface area contributed by atoms with Gasteiger partial charge in [-0.1, -0.05) is 0 Å². The quantitative estimate of drug-likeness (QED) is 0.208. The Morgan fingerprint density at radius 2 is 1.59 bits per heavy atom. The van der Waals surface area contributed by atoms with Crippen LogP contribution in [0.25, 0.3) is 10.4 Å². The number of hydrogen-bond donors (Lipinski definition) is 1. The van der Waals surface area contributed by atoms with Crippen molar-refractivity contribution in [1.82, 2.24) is 0 Å². The van der Waals surface area contributed by atoms with E-state index in [0.717, 1.165) is 27.7 Å². The number of carbonyl (C=O) groups excluding carboxylic acids is 4. The van der Waals surface area contributed by atoms with Crippen molar-refractivity contribution in [3.8, 4) is 0 Å². The maximum atomic E-state index is 11.5. The first-order chi connectivity index (χ1) is 12.5. The lowest BCUT2D eigenvalue weighted by atomic mass is 9.93. The smallest absolute Gasteiger partial charge is 0.305 e. The molecule has 13 heteroatoms. The van der Waals surface area contributed by atoms with E-state index in [1.165, 1.54) is 0 Å². The summed E-state index contributed by atoms with van der Waals surface area (Å²) >= 11 is 0. The van der Waals surface area contributed by atoms with E-state index in [0.29, 0.717) is 0 Å². The standard InChI is InChI=1S/C14H19N3O10/c1-6(18)23-5-10-11(24-7(2)19)12(25-8(3)20)14(22,16-17-15)13(27-10)26-9(4)21/h10-13,22H,5H2,1-4H3/t10-,11-,12+,13-,14-/m1/s1.